The highest BCUT2D eigenvalue weighted by Gasteiger charge is 2.17. The Bertz CT molecular complexity index is 622. The molecular formula is C14H22N4O2. The van der Waals surface area contributed by atoms with Crippen molar-refractivity contribution in [3.8, 4) is 12.3 Å². The molecule has 0 spiro atoms. The fraction of sp³-hybridized carbons (Fsp3) is 0.571. The van der Waals surface area contributed by atoms with Crippen LogP contribution in [0, 0.1) is 12.3 Å². The van der Waals surface area contributed by atoms with Crippen molar-refractivity contribution in [2.24, 2.45) is 7.05 Å². The first kappa shape index (κ1) is 15.9. The minimum atomic E-state index is -0.421. The second-order valence-corrected chi connectivity index (χ2v) is 4.72. The Balaban J connectivity index is 3.36. The molecule has 3 N–H and O–H groups in total. The highest BCUT2D eigenvalue weighted by molar-refractivity contribution is 5.61. The standard InChI is InChI=1S/C14H22N4O2/c1-5-8-10(7-3)16-11-12(15)18(9-6-2)14(20)17(4)13(11)19/h1,10,16H,6-9,15H2,2-4H3. The summed E-state index contributed by atoms with van der Waals surface area (Å²) in [7, 11) is 1.45. The molecule has 0 saturated carbocycles. The first-order valence-electron chi connectivity index (χ1n) is 6.77. The van der Waals surface area contributed by atoms with E-state index in [9.17, 15) is 9.59 Å². The molecule has 0 fully saturated rings. The average Bonchev–Trinajstić information content (AvgIpc) is 2.44. The van der Waals surface area contributed by atoms with Crippen LogP contribution in [0.4, 0.5) is 11.5 Å². The van der Waals surface area contributed by atoms with Crippen molar-refractivity contribution in [1.29, 1.82) is 0 Å². The first-order chi connectivity index (χ1) is 9.47. The maximum Gasteiger partial charge on any atom is 0.332 e. The summed E-state index contributed by atoms with van der Waals surface area (Å²) in [6, 6.07) is -0.0393. The predicted molar refractivity (Wildman–Crippen MR) is 81.8 cm³/mol. The van der Waals surface area contributed by atoms with Gasteiger partial charge in [-0.05, 0) is 12.8 Å². The van der Waals surface area contributed by atoms with E-state index in [0.29, 0.717) is 13.0 Å². The summed E-state index contributed by atoms with van der Waals surface area (Å²) < 4.78 is 2.48. The van der Waals surface area contributed by atoms with Gasteiger partial charge in [0.2, 0.25) is 0 Å². The van der Waals surface area contributed by atoms with Gasteiger partial charge in [-0.25, -0.2) is 4.79 Å². The van der Waals surface area contributed by atoms with Crippen molar-refractivity contribution in [2.75, 3.05) is 11.1 Å². The molecule has 1 aromatic rings. The molecule has 0 bridgehead atoms. The maximum atomic E-state index is 12.2. The molecule has 110 valence electrons. The summed E-state index contributed by atoms with van der Waals surface area (Å²) in [5.74, 6) is 2.74. The number of nitrogens with zero attached hydrogens (tertiary/aromatic N) is 2. The minimum Gasteiger partial charge on any atom is -0.383 e. The third-order valence-electron chi connectivity index (χ3n) is 3.24. The van der Waals surface area contributed by atoms with E-state index < -0.39 is 11.2 Å². The van der Waals surface area contributed by atoms with Gasteiger partial charge in [0.25, 0.3) is 5.56 Å². The maximum absolute atomic E-state index is 12.2. The van der Waals surface area contributed by atoms with Gasteiger partial charge in [0.1, 0.15) is 11.5 Å². The van der Waals surface area contributed by atoms with Gasteiger partial charge in [0.05, 0.1) is 0 Å². The number of aromatic nitrogens is 2. The number of rotatable bonds is 6. The highest BCUT2D eigenvalue weighted by atomic mass is 16.2. The van der Waals surface area contributed by atoms with Crippen LogP contribution in [0.25, 0.3) is 0 Å². The van der Waals surface area contributed by atoms with E-state index in [1.54, 1.807) is 0 Å². The molecule has 0 aromatic carbocycles. The molecule has 1 aromatic heterocycles. The van der Waals surface area contributed by atoms with Gasteiger partial charge in [-0.15, -0.1) is 12.3 Å². The summed E-state index contributed by atoms with van der Waals surface area (Å²) in [5, 5.41) is 3.07. The van der Waals surface area contributed by atoms with E-state index in [1.165, 1.54) is 11.6 Å². The van der Waals surface area contributed by atoms with Crippen LogP contribution < -0.4 is 22.3 Å². The lowest BCUT2D eigenvalue weighted by Gasteiger charge is -2.19. The van der Waals surface area contributed by atoms with Crippen LogP contribution >= 0.6 is 0 Å². The van der Waals surface area contributed by atoms with Gasteiger partial charge in [0, 0.05) is 26.1 Å². The van der Waals surface area contributed by atoms with Crippen molar-refractivity contribution in [3.63, 3.8) is 0 Å². The molecule has 20 heavy (non-hydrogen) atoms. The van der Waals surface area contributed by atoms with Crippen LogP contribution in [0.15, 0.2) is 9.59 Å². The second-order valence-electron chi connectivity index (χ2n) is 4.72. The van der Waals surface area contributed by atoms with Crippen LogP contribution in [-0.4, -0.2) is 15.2 Å². The van der Waals surface area contributed by atoms with E-state index in [1.807, 2.05) is 13.8 Å². The fourth-order valence-corrected chi connectivity index (χ4v) is 2.00. The summed E-state index contributed by atoms with van der Waals surface area (Å²) in [6.07, 6.45) is 7.32. The van der Waals surface area contributed by atoms with Gasteiger partial charge < -0.3 is 11.1 Å². The third kappa shape index (κ3) is 3.05. The Morgan fingerprint density at radius 1 is 1.40 bits per heavy atom. The summed E-state index contributed by atoms with van der Waals surface area (Å²) in [6.45, 7) is 4.38. The molecule has 1 atom stereocenters. The van der Waals surface area contributed by atoms with E-state index in [-0.39, 0.29) is 17.5 Å². The zero-order valence-electron chi connectivity index (χ0n) is 12.3. The smallest absolute Gasteiger partial charge is 0.332 e. The van der Waals surface area contributed by atoms with E-state index in [2.05, 4.69) is 11.2 Å². The Morgan fingerprint density at radius 3 is 2.55 bits per heavy atom. The molecule has 6 heteroatoms. The largest absolute Gasteiger partial charge is 0.383 e. The zero-order valence-corrected chi connectivity index (χ0v) is 12.3. The number of terminal acetylenes is 1. The fourth-order valence-electron chi connectivity index (χ4n) is 2.00. The van der Waals surface area contributed by atoms with Crippen LogP contribution in [0.5, 0.6) is 0 Å². The van der Waals surface area contributed by atoms with Crippen molar-refractivity contribution in [2.45, 2.75) is 45.7 Å². The molecule has 0 radical (unpaired) electrons. The third-order valence-corrected chi connectivity index (χ3v) is 3.24. The van der Waals surface area contributed by atoms with Crippen molar-refractivity contribution in [1.82, 2.24) is 9.13 Å². The van der Waals surface area contributed by atoms with Crippen molar-refractivity contribution in [3.05, 3.63) is 20.8 Å². The Morgan fingerprint density at radius 2 is 2.05 bits per heavy atom. The van der Waals surface area contributed by atoms with Crippen LogP contribution in [0.3, 0.4) is 0 Å². The Hall–Kier alpha value is -2.16. The van der Waals surface area contributed by atoms with Gasteiger partial charge in [-0.3, -0.25) is 13.9 Å². The molecule has 1 heterocycles. The average molecular weight is 278 g/mol. The lowest BCUT2D eigenvalue weighted by atomic mass is 10.1. The van der Waals surface area contributed by atoms with Crippen molar-refractivity contribution >= 4 is 11.5 Å². The molecule has 6 nitrogen and oxygen atoms in total. The van der Waals surface area contributed by atoms with Gasteiger partial charge in [-0.2, -0.15) is 0 Å². The summed E-state index contributed by atoms with van der Waals surface area (Å²) in [4.78, 5) is 24.2. The first-order valence-corrected chi connectivity index (χ1v) is 6.77. The number of nitrogen functional groups attached to an aromatic ring is 1. The molecule has 0 aliphatic heterocycles. The van der Waals surface area contributed by atoms with E-state index in [0.717, 1.165) is 17.4 Å². The van der Waals surface area contributed by atoms with Gasteiger partial charge >= 0.3 is 5.69 Å². The number of hydrogen-bond donors (Lipinski definition) is 2. The number of anilines is 2. The lowest BCUT2D eigenvalue weighted by Crippen LogP contribution is -2.41. The molecule has 0 saturated heterocycles. The molecule has 1 rings (SSSR count). The van der Waals surface area contributed by atoms with E-state index >= 15 is 0 Å². The monoisotopic (exact) mass is 278 g/mol. The minimum absolute atomic E-state index is 0.0393. The van der Waals surface area contributed by atoms with E-state index in [4.69, 9.17) is 12.2 Å². The highest BCUT2D eigenvalue weighted by Crippen LogP contribution is 2.14. The normalized spacial score (nSPS) is 11.9. The molecule has 0 aliphatic rings. The number of nitrogens with two attached hydrogens (primary N) is 1. The molecule has 0 amide bonds. The Kier molecular flexibility index (Phi) is 5.44. The van der Waals surface area contributed by atoms with Crippen molar-refractivity contribution < 1.29 is 0 Å². The number of nitrogens with one attached hydrogen (secondary N) is 1. The molecule has 1 unspecified atom stereocenters. The van der Waals surface area contributed by atoms with Crippen LogP contribution in [-0.2, 0) is 13.6 Å². The van der Waals surface area contributed by atoms with Gasteiger partial charge in [-0.1, -0.05) is 13.8 Å². The quantitative estimate of drug-likeness (QED) is 0.752. The second kappa shape index (κ2) is 6.85. The lowest BCUT2D eigenvalue weighted by molar-refractivity contribution is 0.597. The molecular weight excluding hydrogens is 256 g/mol. The Labute approximate surface area is 118 Å². The summed E-state index contributed by atoms with van der Waals surface area (Å²) in [5.41, 5.74) is 5.41. The summed E-state index contributed by atoms with van der Waals surface area (Å²) >= 11 is 0. The number of hydrogen-bond acceptors (Lipinski definition) is 4. The predicted octanol–water partition coefficient (Wildman–Crippen LogP) is 0.753. The van der Waals surface area contributed by atoms with Gasteiger partial charge in [0.15, 0.2) is 0 Å². The van der Waals surface area contributed by atoms with Crippen LogP contribution in [0.2, 0.25) is 0 Å². The SMILES string of the molecule is C#CCC(CC)Nc1c(N)n(CCC)c(=O)n(C)c1=O. The van der Waals surface area contributed by atoms with Crippen LogP contribution in [0.1, 0.15) is 33.1 Å². The topological polar surface area (TPSA) is 82.0 Å². The molecule has 0 aliphatic carbocycles. The zero-order chi connectivity index (χ0) is 15.3.